The van der Waals surface area contributed by atoms with Gasteiger partial charge in [0.15, 0.2) is 17.5 Å². The number of nitrogens with zero attached hydrogens (tertiary/aromatic N) is 5. The average molecular weight is 908 g/mol. The van der Waals surface area contributed by atoms with E-state index in [0.29, 0.717) is 17.5 Å². The lowest BCUT2D eigenvalue weighted by molar-refractivity contribution is 0.661. The Balaban J connectivity index is 1.04. The second-order valence-corrected chi connectivity index (χ2v) is 19.1. The van der Waals surface area contributed by atoms with Gasteiger partial charge in [0.2, 0.25) is 0 Å². The summed E-state index contributed by atoms with van der Waals surface area (Å²) in [6.07, 6.45) is 0. The highest BCUT2D eigenvalue weighted by Gasteiger charge is 2.38. The van der Waals surface area contributed by atoms with Gasteiger partial charge < -0.3 is 9.13 Å². The SMILES string of the molecule is CC1(C)c2ccccc2-c2cccc(-c3nc(-c4ccccc4)nc(-c4ccccc4-n4c5cc(-c6ccccc6)ccc5c5c(-c6cccc7c6c6ccccc6n7-c6ccccc6)cccc54)n3)c21. The number of benzene rings is 10. The Morgan fingerprint density at radius 3 is 1.58 bits per heavy atom. The van der Waals surface area contributed by atoms with Gasteiger partial charge in [-0.1, -0.05) is 202 Å². The number of hydrogen-bond donors (Lipinski definition) is 0. The molecule has 13 aromatic rings. The topological polar surface area (TPSA) is 48.5 Å². The first-order valence-electron chi connectivity index (χ1n) is 24.4. The third-order valence-electron chi connectivity index (χ3n) is 14.8. The van der Waals surface area contributed by atoms with E-state index in [9.17, 15) is 0 Å². The van der Waals surface area contributed by atoms with E-state index in [1.807, 2.05) is 18.2 Å². The number of para-hydroxylation sites is 3. The Labute approximate surface area is 411 Å². The molecule has 0 atom stereocenters. The van der Waals surface area contributed by atoms with E-state index in [1.165, 1.54) is 60.6 Å². The Kier molecular flexibility index (Phi) is 9.17. The molecule has 0 fully saturated rings. The van der Waals surface area contributed by atoms with Crippen LogP contribution in [0.3, 0.4) is 0 Å². The van der Waals surface area contributed by atoms with Crippen LogP contribution in [0.1, 0.15) is 25.0 Å². The molecule has 0 amide bonds. The number of fused-ring (bicyclic) bond motifs is 9. The van der Waals surface area contributed by atoms with Crippen LogP contribution in [0.2, 0.25) is 0 Å². The lowest BCUT2D eigenvalue weighted by Crippen LogP contribution is -2.17. The van der Waals surface area contributed by atoms with Crippen LogP contribution in [0.5, 0.6) is 0 Å². The van der Waals surface area contributed by atoms with Gasteiger partial charge in [-0.2, -0.15) is 0 Å². The molecule has 0 N–H and O–H groups in total. The van der Waals surface area contributed by atoms with Crippen LogP contribution in [0.15, 0.2) is 237 Å². The summed E-state index contributed by atoms with van der Waals surface area (Å²) >= 11 is 0. The van der Waals surface area contributed by atoms with E-state index in [-0.39, 0.29) is 5.41 Å². The van der Waals surface area contributed by atoms with Gasteiger partial charge in [0, 0.05) is 49.3 Å². The molecule has 14 rings (SSSR count). The summed E-state index contributed by atoms with van der Waals surface area (Å²) in [6.45, 7) is 4.64. The van der Waals surface area contributed by atoms with Gasteiger partial charge in [-0.3, -0.25) is 0 Å². The van der Waals surface area contributed by atoms with E-state index in [1.54, 1.807) is 0 Å². The zero-order valence-corrected chi connectivity index (χ0v) is 39.3. The fraction of sp³-hybridized carbons (Fsp3) is 0.0455. The van der Waals surface area contributed by atoms with Gasteiger partial charge in [-0.05, 0) is 93.0 Å². The van der Waals surface area contributed by atoms with E-state index in [4.69, 9.17) is 15.0 Å². The minimum Gasteiger partial charge on any atom is -0.309 e. The van der Waals surface area contributed by atoms with Crippen LogP contribution in [0, 0.1) is 0 Å². The molecular formula is C66H45N5. The monoisotopic (exact) mass is 907 g/mol. The predicted octanol–water partition coefficient (Wildman–Crippen LogP) is 16.7. The fourth-order valence-corrected chi connectivity index (χ4v) is 11.7. The molecule has 5 heteroatoms. The molecule has 0 saturated heterocycles. The Hall–Kier alpha value is -9.19. The largest absolute Gasteiger partial charge is 0.309 e. The maximum atomic E-state index is 5.52. The summed E-state index contributed by atoms with van der Waals surface area (Å²) in [5, 5.41) is 4.79. The molecule has 0 spiro atoms. The lowest BCUT2D eigenvalue weighted by atomic mass is 9.80. The van der Waals surface area contributed by atoms with E-state index < -0.39 is 0 Å². The van der Waals surface area contributed by atoms with Crippen LogP contribution in [-0.4, -0.2) is 24.1 Å². The summed E-state index contributed by atoms with van der Waals surface area (Å²) in [4.78, 5) is 16.2. The smallest absolute Gasteiger partial charge is 0.166 e. The van der Waals surface area contributed by atoms with Crippen LogP contribution in [0.25, 0.3) is 123 Å². The predicted molar refractivity (Wildman–Crippen MR) is 293 cm³/mol. The first-order valence-corrected chi connectivity index (χ1v) is 24.4. The Morgan fingerprint density at radius 1 is 0.324 bits per heavy atom. The highest BCUT2D eigenvalue weighted by atomic mass is 15.1. The minimum absolute atomic E-state index is 0.266. The van der Waals surface area contributed by atoms with Crippen LogP contribution < -0.4 is 0 Å². The maximum absolute atomic E-state index is 5.52. The summed E-state index contributed by atoms with van der Waals surface area (Å²) in [5.41, 5.74) is 18.9. The molecule has 334 valence electrons. The van der Waals surface area contributed by atoms with E-state index >= 15 is 0 Å². The minimum atomic E-state index is -0.266. The van der Waals surface area contributed by atoms with Crippen molar-refractivity contribution < 1.29 is 0 Å². The summed E-state index contributed by atoms with van der Waals surface area (Å²) in [6, 6.07) is 84.9. The van der Waals surface area contributed by atoms with E-state index in [2.05, 4.69) is 241 Å². The second kappa shape index (κ2) is 15.9. The number of aromatic nitrogens is 5. The van der Waals surface area contributed by atoms with Gasteiger partial charge in [-0.15, -0.1) is 0 Å². The molecule has 0 aliphatic heterocycles. The van der Waals surface area contributed by atoms with Gasteiger partial charge >= 0.3 is 0 Å². The average Bonchev–Trinajstić information content (AvgIpc) is 4.04. The molecule has 0 unspecified atom stereocenters. The third kappa shape index (κ3) is 6.29. The number of hydrogen-bond acceptors (Lipinski definition) is 3. The quantitative estimate of drug-likeness (QED) is 0.160. The number of rotatable bonds is 7. The highest BCUT2D eigenvalue weighted by molar-refractivity contribution is 6.22. The maximum Gasteiger partial charge on any atom is 0.166 e. The second-order valence-electron chi connectivity index (χ2n) is 19.1. The molecular weight excluding hydrogens is 863 g/mol. The highest BCUT2D eigenvalue weighted by Crippen LogP contribution is 2.52. The normalized spacial score (nSPS) is 12.8. The van der Waals surface area contributed by atoms with Crippen molar-refractivity contribution in [3.63, 3.8) is 0 Å². The molecule has 5 nitrogen and oxygen atoms in total. The van der Waals surface area contributed by atoms with Crippen molar-refractivity contribution in [3.8, 4) is 78.9 Å². The van der Waals surface area contributed by atoms with Crippen molar-refractivity contribution in [2.75, 3.05) is 0 Å². The van der Waals surface area contributed by atoms with Crippen LogP contribution in [-0.2, 0) is 5.41 Å². The van der Waals surface area contributed by atoms with E-state index in [0.717, 1.165) is 55.6 Å². The molecule has 1 aliphatic carbocycles. The van der Waals surface area contributed by atoms with Crippen molar-refractivity contribution in [1.82, 2.24) is 24.1 Å². The van der Waals surface area contributed by atoms with Crippen molar-refractivity contribution in [2.24, 2.45) is 0 Å². The first-order chi connectivity index (χ1) is 35.0. The Bertz CT molecular complexity index is 4240. The molecule has 0 saturated carbocycles. The van der Waals surface area contributed by atoms with Crippen molar-refractivity contribution in [1.29, 1.82) is 0 Å². The molecule has 3 aromatic heterocycles. The summed E-state index contributed by atoms with van der Waals surface area (Å²) in [5.74, 6) is 1.89. The van der Waals surface area contributed by atoms with Gasteiger partial charge in [0.25, 0.3) is 0 Å². The lowest BCUT2D eigenvalue weighted by Gasteiger charge is -2.24. The summed E-state index contributed by atoms with van der Waals surface area (Å²) in [7, 11) is 0. The molecule has 3 heterocycles. The van der Waals surface area contributed by atoms with Gasteiger partial charge in [0.1, 0.15) is 0 Å². The Morgan fingerprint density at radius 2 is 0.831 bits per heavy atom. The molecule has 71 heavy (non-hydrogen) atoms. The van der Waals surface area contributed by atoms with Crippen molar-refractivity contribution in [2.45, 2.75) is 19.3 Å². The van der Waals surface area contributed by atoms with Crippen molar-refractivity contribution in [3.05, 3.63) is 248 Å². The molecule has 0 bridgehead atoms. The van der Waals surface area contributed by atoms with Crippen LogP contribution >= 0.6 is 0 Å². The molecule has 1 aliphatic rings. The summed E-state index contributed by atoms with van der Waals surface area (Å²) < 4.78 is 4.84. The molecule has 10 aromatic carbocycles. The standard InChI is InChI=1S/C66H45N5/c1-66(2)54-34-15-12-27-46(54)49-32-18-33-53(62(49)66)65-68-63(43-23-8-4-9-24-43)67-64(69-65)52-29-14-17-36-56(52)71-58-38-20-31-48(61(58)51-40-39-44(41-59(51)71)42-21-6-3-7-22-42)47-30-19-37-57-60(47)50-28-13-16-35-55(50)70(57)45-25-10-5-11-26-45/h3-41H,1-2H3. The van der Waals surface area contributed by atoms with Crippen LogP contribution in [0.4, 0.5) is 0 Å². The zero-order chi connectivity index (χ0) is 47.2. The first kappa shape index (κ1) is 40.8. The zero-order valence-electron chi connectivity index (χ0n) is 39.3. The van der Waals surface area contributed by atoms with Crippen molar-refractivity contribution >= 4 is 43.6 Å². The fourth-order valence-electron chi connectivity index (χ4n) is 11.7. The van der Waals surface area contributed by atoms with Gasteiger partial charge in [0.05, 0.1) is 27.8 Å². The van der Waals surface area contributed by atoms with Gasteiger partial charge in [-0.25, -0.2) is 15.0 Å². The third-order valence-corrected chi connectivity index (χ3v) is 14.8. The molecule has 0 radical (unpaired) electrons.